The van der Waals surface area contributed by atoms with Crippen molar-refractivity contribution in [3.05, 3.63) is 69.1 Å². The number of carboxylic acids is 1. The topological polar surface area (TPSA) is 79.6 Å². The summed E-state index contributed by atoms with van der Waals surface area (Å²) >= 11 is 0. The first kappa shape index (κ1) is 17.0. The molecule has 25 heavy (non-hydrogen) atoms. The highest BCUT2D eigenvalue weighted by molar-refractivity contribution is 5.94. The summed E-state index contributed by atoms with van der Waals surface area (Å²) < 4.78 is 1.37. The van der Waals surface area contributed by atoms with Crippen LogP contribution in [0.5, 0.6) is 0 Å². The van der Waals surface area contributed by atoms with Gasteiger partial charge in [0.25, 0.3) is 11.5 Å². The molecular weight excluding hydrogens is 320 g/mol. The SMILES string of the molecule is Cc1ccn(Cc2ccc(C(=O)N3CCCC3)cc2)c(=O)c1C(=O)O. The van der Waals surface area contributed by atoms with Crippen molar-refractivity contribution in [3.63, 3.8) is 0 Å². The quantitative estimate of drug-likeness (QED) is 0.925. The lowest BCUT2D eigenvalue weighted by atomic mass is 10.1. The zero-order valence-electron chi connectivity index (χ0n) is 14.1. The fraction of sp³-hybridized carbons (Fsp3) is 0.316. The van der Waals surface area contributed by atoms with E-state index in [1.165, 1.54) is 4.57 Å². The smallest absolute Gasteiger partial charge is 0.341 e. The van der Waals surface area contributed by atoms with E-state index in [2.05, 4.69) is 0 Å². The highest BCUT2D eigenvalue weighted by atomic mass is 16.4. The van der Waals surface area contributed by atoms with Gasteiger partial charge in [-0.25, -0.2) is 4.79 Å². The average Bonchev–Trinajstić information content (AvgIpc) is 3.12. The van der Waals surface area contributed by atoms with E-state index in [9.17, 15) is 19.5 Å². The predicted molar refractivity (Wildman–Crippen MR) is 93.1 cm³/mol. The van der Waals surface area contributed by atoms with Crippen LogP contribution in [0.25, 0.3) is 0 Å². The van der Waals surface area contributed by atoms with Gasteiger partial charge in [0.15, 0.2) is 0 Å². The molecule has 1 fully saturated rings. The van der Waals surface area contributed by atoms with Crippen LogP contribution in [-0.4, -0.2) is 39.5 Å². The molecule has 6 nitrogen and oxygen atoms in total. The van der Waals surface area contributed by atoms with Gasteiger partial charge >= 0.3 is 5.97 Å². The summed E-state index contributed by atoms with van der Waals surface area (Å²) in [4.78, 5) is 37.7. The summed E-state index contributed by atoms with van der Waals surface area (Å²) in [6, 6.07) is 8.74. The van der Waals surface area contributed by atoms with Gasteiger partial charge in [-0.3, -0.25) is 9.59 Å². The van der Waals surface area contributed by atoms with Crippen molar-refractivity contribution in [3.8, 4) is 0 Å². The lowest BCUT2D eigenvalue weighted by molar-refractivity contribution is 0.0692. The molecule has 0 aliphatic carbocycles. The van der Waals surface area contributed by atoms with E-state index in [4.69, 9.17) is 0 Å². The van der Waals surface area contributed by atoms with Gasteiger partial charge in [0.05, 0.1) is 6.54 Å². The highest BCUT2D eigenvalue weighted by Crippen LogP contribution is 2.14. The number of carbonyl (C=O) groups excluding carboxylic acids is 1. The molecule has 6 heteroatoms. The van der Waals surface area contributed by atoms with Crippen LogP contribution < -0.4 is 5.56 Å². The molecule has 1 aliphatic heterocycles. The number of carboxylic acid groups (broad SMARTS) is 1. The molecule has 2 aromatic rings. The predicted octanol–water partition coefficient (Wildman–Crippen LogP) is 2.14. The maximum absolute atomic E-state index is 12.3. The molecular formula is C19H20N2O4. The second kappa shape index (κ2) is 6.93. The molecule has 2 heterocycles. The van der Waals surface area contributed by atoms with Crippen LogP contribution in [0.15, 0.2) is 41.3 Å². The normalized spacial score (nSPS) is 13.9. The van der Waals surface area contributed by atoms with Gasteiger partial charge in [0, 0.05) is 24.8 Å². The number of likely N-dealkylation sites (tertiary alicyclic amines) is 1. The van der Waals surface area contributed by atoms with Gasteiger partial charge in [0.2, 0.25) is 0 Å². The number of pyridine rings is 1. The minimum atomic E-state index is -1.22. The van der Waals surface area contributed by atoms with Crippen LogP contribution >= 0.6 is 0 Å². The Labute approximate surface area is 145 Å². The number of aromatic nitrogens is 1. The minimum Gasteiger partial charge on any atom is -0.477 e. The summed E-state index contributed by atoms with van der Waals surface area (Å²) in [5, 5.41) is 9.18. The number of aryl methyl sites for hydroxylation is 1. The molecule has 1 aromatic heterocycles. The number of nitrogens with zero attached hydrogens (tertiary/aromatic N) is 2. The summed E-state index contributed by atoms with van der Waals surface area (Å²) in [6.45, 7) is 3.47. The standard InChI is InChI=1S/C19H20N2O4/c1-13-8-11-21(18(23)16(13)19(24)25)12-14-4-6-15(7-5-14)17(22)20-9-2-3-10-20/h4-8,11H,2-3,9-10,12H2,1H3,(H,24,25). The number of hydrogen-bond acceptors (Lipinski definition) is 3. The van der Waals surface area contributed by atoms with E-state index in [0.717, 1.165) is 31.5 Å². The highest BCUT2D eigenvalue weighted by Gasteiger charge is 2.19. The van der Waals surface area contributed by atoms with E-state index in [0.29, 0.717) is 11.1 Å². The minimum absolute atomic E-state index is 0.0321. The zero-order chi connectivity index (χ0) is 18.0. The Balaban J connectivity index is 1.80. The van der Waals surface area contributed by atoms with Crippen molar-refractivity contribution in [1.82, 2.24) is 9.47 Å². The molecule has 0 atom stereocenters. The van der Waals surface area contributed by atoms with Crippen LogP contribution in [-0.2, 0) is 6.54 Å². The van der Waals surface area contributed by atoms with Crippen molar-refractivity contribution < 1.29 is 14.7 Å². The second-order valence-electron chi connectivity index (χ2n) is 6.31. The number of carbonyl (C=O) groups is 2. The fourth-order valence-corrected chi connectivity index (χ4v) is 3.10. The number of rotatable bonds is 4. The lowest BCUT2D eigenvalue weighted by Gasteiger charge is -2.15. The van der Waals surface area contributed by atoms with Crippen molar-refractivity contribution in [2.75, 3.05) is 13.1 Å². The molecule has 0 radical (unpaired) electrons. The van der Waals surface area contributed by atoms with Crippen molar-refractivity contribution in [2.45, 2.75) is 26.3 Å². The van der Waals surface area contributed by atoms with Gasteiger partial charge in [-0.15, -0.1) is 0 Å². The number of benzene rings is 1. The van der Waals surface area contributed by atoms with E-state index >= 15 is 0 Å². The summed E-state index contributed by atoms with van der Waals surface area (Å²) in [7, 11) is 0. The molecule has 0 saturated carbocycles. The number of hydrogen-bond donors (Lipinski definition) is 1. The first-order valence-corrected chi connectivity index (χ1v) is 8.29. The van der Waals surface area contributed by atoms with Crippen LogP contribution in [0.4, 0.5) is 0 Å². The molecule has 130 valence electrons. The summed E-state index contributed by atoms with van der Waals surface area (Å²) in [5.41, 5.74) is 1.18. The Hall–Kier alpha value is -2.89. The third-order valence-corrected chi connectivity index (χ3v) is 4.53. The van der Waals surface area contributed by atoms with E-state index in [-0.39, 0.29) is 18.0 Å². The molecule has 0 bridgehead atoms. The fourth-order valence-electron chi connectivity index (χ4n) is 3.10. The molecule has 0 spiro atoms. The van der Waals surface area contributed by atoms with E-state index < -0.39 is 11.5 Å². The maximum atomic E-state index is 12.3. The monoisotopic (exact) mass is 340 g/mol. The van der Waals surface area contributed by atoms with Gasteiger partial charge in [-0.05, 0) is 49.1 Å². The maximum Gasteiger partial charge on any atom is 0.341 e. The van der Waals surface area contributed by atoms with Crippen LogP contribution in [0.1, 0.15) is 44.7 Å². The Morgan fingerprint density at radius 3 is 2.32 bits per heavy atom. The Morgan fingerprint density at radius 1 is 1.08 bits per heavy atom. The van der Waals surface area contributed by atoms with Gasteiger partial charge in [-0.1, -0.05) is 12.1 Å². The Kier molecular flexibility index (Phi) is 4.70. The van der Waals surface area contributed by atoms with E-state index in [1.807, 2.05) is 4.90 Å². The Morgan fingerprint density at radius 2 is 1.72 bits per heavy atom. The van der Waals surface area contributed by atoms with Crippen LogP contribution in [0.3, 0.4) is 0 Å². The third-order valence-electron chi connectivity index (χ3n) is 4.53. The summed E-state index contributed by atoms with van der Waals surface area (Å²) in [5.74, 6) is -1.19. The third kappa shape index (κ3) is 3.47. The first-order valence-electron chi connectivity index (χ1n) is 8.29. The molecule has 1 amide bonds. The van der Waals surface area contributed by atoms with Crippen molar-refractivity contribution in [1.29, 1.82) is 0 Å². The zero-order valence-corrected chi connectivity index (χ0v) is 14.1. The van der Waals surface area contributed by atoms with Gasteiger partial charge in [0.1, 0.15) is 5.56 Å². The Bertz CT molecular complexity index is 862. The lowest BCUT2D eigenvalue weighted by Crippen LogP contribution is -2.28. The van der Waals surface area contributed by atoms with Crippen LogP contribution in [0.2, 0.25) is 0 Å². The van der Waals surface area contributed by atoms with Crippen molar-refractivity contribution in [2.24, 2.45) is 0 Å². The van der Waals surface area contributed by atoms with Crippen molar-refractivity contribution >= 4 is 11.9 Å². The second-order valence-corrected chi connectivity index (χ2v) is 6.31. The average molecular weight is 340 g/mol. The first-order chi connectivity index (χ1) is 12.0. The summed E-state index contributed by atoms with van der Waals surface area (Å²) in [6.07, 6.45) is 3.69. The molecule has 3 rings (SSSR count). The molecule has 0 unspecified atom stereocenters. The molecule has 1 aromatic carbocycles. The number of aromatic carboxylic acids is 1. The molecule has 1 aliphatic rings. The molecule has 1 N–H and O–H groups in total. The van der Waals surface area contributed by atoms with E-state index in [1.54, 1.807) is 43.5 Å². The number of amides is 1. The van der Waals surface area contributed by atoms with Crippen LogP contribution in [0, 0.1) is 6.92 Å². The largest absolute Gasteiger partial charge is 0.477 e. The van der Waals surface area contributed by atoms with Gasteiger partial charge in [-0.2, -0.15) is 0 Å². The molecule has 1 saturated heterocycles. The van der Waals surface area contributed by atoms with Gasteiger partial charge < -0.3 is 14.6 Å².